The summed E-state index contributed by atoms with van der Waals surface area (Å²) in [6.45, 7) is 4.59. The van der Waals surface area contributed by atoms with Crippen molar-refractivity contribution in [2.75, 3.05) is 18.8 Å². The van der Waals surface area contributed by atoms with Gasteiger partial charge in [0.2, 0.25) is 0 Å². The smallest absolute Gasteiger partial charge is 0.00397 e. The lowest BCUT2D eigenvalue weighted by molar-refractivity contribution is 0.254. The van der Waals surface area contributed by atoms with Crippen molar-refractivity contribution < 1.29 is 0 Å². The Morgan fingerprint density at radius 3 is 2.31 bits per heavy atom. The maximum atomic E-state index is 4.18. The minimum absolute atomic E-state index is 0.959. The second kappa shape index (κ2) is 9.35. The molecule has 1 aliphatic carbocycles. The van der Waals surface area contributed by atoms with Gasteiger partial charge in [-0.1, -0.05) is 51.9 Å². The van der Waals surface area contributed by atoms with Crippen LogP contribution in [0.3, 0.4) is 0 Å². The Labute approximate surface area is 107 Å². The lowest BCUT2D eigenvalue weighted by atomic mass is 9.79. The average molecular weight is 243 g/mol. The summed E-state index contributed by atoms with van der Waals surface area (Å²) in [6.07, 6.45) is 11.6. The molecule has 1 aliphatic rings. The van der Waals surface area contributed by atoms with Gasteiger partial charge in [-0.2, -0.15) is 12.6 Å². The number of hydrogen-bond acceptors (Lipinski definition) is 2. The number of nitrogens with one attached hydrogen (secondary N) is 1. The van der Waals surface area contributed by atoms with Crippen LogP contribution in [0.25, 0.3) is 0 Å². The molecule has 0 radical (unpaired) electrons. The van der Waals surface area contributed by atoms with Crippen molar-refractivity contribution in [1.29, 1.82) is 0 Å². The molecule has 1 rings (SSSR count). The van der Waals surface area contributed by atoms with E-state index < -0.39 is 0 Å². The maximum Gasteiger partial charge on any atom is 0.00397 e. The molecule has 16 heavy (non-hydrogen) atoms. The summed E-state index contributed by atoms with van der Waals surface area (Å²) < 4.78 is 0. The molecule has 0 spiro atoms. The first-order chi connectivity index (χ1) is 7.86. The molecule has 0 aromatic rings. The summed E-state index contributed by atoms with van der Waals surface area (Å²) in [4.78, 5) is 0. The Morgan fingerprint density at radius 1 is 1.00 bits per heavy atom. The first-order valence-electron chi connectivity index (χ1n) is 7.18. The highest BCUT2D eigenvalue weighted by Crippen LogP contribution is 2.33. The van der Waals surface area contributed by atoms with Crippen LogP contribution < -0.4 is 5.32 Å². The minimum Gasteiger partial charge on any atom is -0.316 e. The molecule has 1 N–H and O–H groups in total. The predicted octanol–water partition coefficient (Wildman–Crippen LogP) is 3.89. The molecule has 1 fully saturated rings. The van der Waals surface area contributed by atoms with Gasteiger partial charge in [0.25, 0.3) is 0 Å². The van der Waals surface area contributed by atoms with Gasteiger partial charge in [-0.25, -0.2) is 0 Å². The summed E-state index contributed by atoms with van der Waals surface area (Å²) in [5.41, 5.74) is 0. The lowest BCUT2D eigenvalue weighted by Gasteiger charge is -2.27. The van der Waals surface area contributed by atoms with E-state index in [0.29, 0.717) is 0 Å². The second-order valence-electron chi connectivity index (χ2n) is 5.26. The van der Waals surface area contributed by atoms with Gasteiger partial charge >= 0.3 is 0 Å². The molecule has 0 aliphatic heterocycles. The highest BCUT2D eigenvalue weighted by atomic mass is 32.1. The van der Waals surface area contributed by atoms with Gasteiger partial charge in [0.1, 0.15) is 0 Å². The summed E-state index contributed by atoms with van der Waals surface area (Å²) in [5, 5.41) is 3.41. The molecule has 96 valence electrons. The molecule has 0 aromatic heterocycles. The molecule has 1 saturated carbocycles. The molecule has 0 heterocycles. The highest BCUT2D eigenvalue weighted by molar-refractivity contribution is 7.80. The zero-order valence-electron chi connectivity index (χ0n) is 10.9. The fourth-order valence-electron chi connectivity index (χ4n) is 2.82. The molecule has 0 saturated heterocycles. The molecule has 0 aromatic carbocycles. The number of rotatable bonds is 8. The molecule has 2 heteroatoms. The van der Waals surface area contributed by atoms with E-state index >= 15 is 0 Å². The largest absolute Gasteiger partial charge is 0.316 e. The third kappa shape index (κ3) is 6.15. The van der Waals surface area contributed by atoms with Crippen LogP contribution >= 0.6 is 12.6 Å². The number of hydrogen-bond donors (Lipinski definition) is 2. The zero-order chi connectivity index (χ0) is 11.6. The van der Waals surface area contributed by atoms with Crippen molar-refractivity contribution in [3.05, 3.63) is 0 Å². The van der Waals surface area contributed by atoms with Gasteiger partial charge in [-0.05, 0) is 24.8 Å². The molecule has 0 unspecified atom stereocenters. The van der Waals surface area contributed by atoms with Crippen molar-refractivity contribution in [3.8, 4) is 0 Å². The average Bonchev–Trinajstić information content (AvgIpc) is 2.34. The van der Waals surface area contributed by atoms with Crippen molar-refractivity contribution in [3.63, 3.8) is 0 Å². The minimum atomic E-state index is 0.959. The molecule has 0 bridgehead atoms. The molecular formula is C14H29NS. The summed E-state index contributed by atoms with van der Waals surface area (Å²) in [6, 6.07) is 0. The van der Waals surface area contributed by atoms with Gasteiger partial charge in [0, 0.05) is 12.3 Å². The van der Waals surface area contributed by atoms with E-state index in [-0.39, 0.29) is 0 Å². The van der Waals surface area contributed by atoms with Crippen molar-refractivity contribution in [2.24, 2.45) is 11.8 Å². The Hall–Kier alpha value is 0.310. The van der Waals surface area contributed by atoms with E-state index in [9.17, 15) is 0 Å². The predicted molar refractivity (Wildman–Crippen MR) is 76.3 cm³/mol. The normalized spacial score (nSPS) is 25.9. The van der Waals surface area contributed by atoms with Gasteiger partial charge in [0.05, 0.1) is 0 Å². The zero-order valence-corrected chi connectivity index (χ0v) is 11.8. The Kier molecular flexibility index (Phi) is 8.40. The molecule has 1 nitrogen and oxygen atoms in total. The van der Waals surface area contributed by atoms with E-state index in [1.807, 2.05) is 0 Å². The molecule has 0 atom stereocenters. The van der Waals surface area contributed by atoms with Crippen LogP contribution in [0.1, 0.15) is 58.3 Å². The first-order valence-corrected chi connectivity index (χ1v) is 7.81. The topological polar surface area (TPSA) is 12.0 Å². The first kappa shape index (κ1) is 14.4. The van der Waals surface area contributed by atoms with Crippen molar-refractivity contribution in [2.45, 2.75) is 58.3 Å². The van der Waals surface area contributed by atoms with Gasteiger partial charge in [-0.3, -0.25) is 0 Å². The number of unbranched alkanes of at least 4 members (excludes halogenated alkanes) is 1. The fraction of sp³-hybridized carbons (Fsp3) is 1.00. The monoisotopic (exact) mass is 243 g/mol. The molecule has 0 amide bonds. The van der Waals surface area contributed by atoms with E-state index in [2.05, 4.69) is 24.9 Å². The second-order valence-corrected chi connectivity index (χ2v) is 5.71. The van der Waals surface area contributed by atoms with Crippen LogP contribution in [0.4, 0.5) is 0 Å². The Bertz CT molecular complexity index is 153. The Morgan fingerprint density at radius 2 is 1.69 bits per heavy atom. The van der Waals surface area contributed by atoms with Crippen molar-refractivity contribution in [1.82, 2.24) is 5.32 Å². The van der Waals surface area contributed by atoms with Gasteiger partial charge in [0.15, 0.2) is 0 Å². The summed E-state index contributed by atoms with van der Waals surface area (Å²) in [5.74, 6) is 3.06. The summed E-state index contributed by atoms with van der Waals surface area (Å²) in [7, 11) is 0. The van der Waals surface area contributed by atoms with E-state index in [1.54, 1.807) is 0 Å². The van der Waals surface area contributed by atoms with Crippen LogP contribution in [0, 0.1) is 11.8 Å². The van der Waals surface area contributed by atoms with Gasteiger partial charge < -0.3 is 5.32 Å². The van der Waals surface area contributed by atoms with E-state index in [4.69, 9.17) is 0 Å². The standard InChI is InChI=1S/C14H29NS/c1-2-13-6-8-14(9-7-13)5-3-4-10-15-11-12-16/h13-16H,2-12H2,1H3. The summed E-state index contributed by atoms with van der Waals surface area (Å²) >= 11 is 4.18. The maximum absolute atomic E-state index is 4.18. The van der Waals surface area contributed by atoms with Crippen LogP contribution in [-0.4, -0.2) is 18.8 Å². The van der Waals surface area contributed by atoms with Crippen LogP contribution in [-0.2, 0) is 0 Å². The Balaban J connectivity index is 1.90. The van der Waals surface area contributed by atoms with E-state index in [0.717, 1.165) is 24.1 Å². The van der Waals surface area contributed by atoms with E-state index in [1.165, 1.54) is 57.9 Å². The highest BCUT2D eigenvalue weighted by Gasteiger charge is 2.19. The third-order valence-electron chi connectivity index (χ3n) is 4.05. The van der Waals surface area contributed by atoms with Crippen molar-refractivity contribution >= 4 is 12.6 Å². The van der Waals surface area contributed by atoms with Gasteiger partial charge in [-0.15, -0.1) is 0 Å². The van der Waals surface area contributed by atoms with Crippen LogP contribution in [0.2, 0.25) is 0 Å². The van der Waals surface area contributed by atoms with Crippen LogP contribution in [0.15, 0.2) is 0 Å². The SMILES string of the molecule is CCC1CCC(CCCCNCCS)CC1. The van der Waals surface area contributed by atoms with Crippen LogP contribution in [0.5, 0.6) is 0 Å². The lowest BCUT2D eigenvalue weighted by Crippen LogP contribution is -2.18. The number of thiol groups is 1. The quantitative estimate of drug-likeness (QED) is 0.487. The third-order valence-corrected chi connectivity index (χ3v) is 4.27. The fourth-order valence-corrected chi connectivity index (χ4v) is 2.97. The molecular weight excluding hydrogens is 214 g/mol.